The molecule has 0 spiro atoms. The minimum atomic E-state index is 1.09. The number of pyridine rings is 1. The van der Waals surface area contributed by atoms with Gasteiger partial charge in [0.05, 0.1) is 5.69 Å². The lowest BCUT2D eigenvalue weighted by atomic mass is 10.1. The number of nitrogens with one attached hydrogen (secondary N) is 1. The molecule has 1 saturated heterocycles. The molecule has 0 unspecified atom stereocenters. The standard InChI is InChI=1S/C12H16N2/c1-2-8-14-12(5-1)10-11-4-3-7-13-9-6-11/h1-2,5,8,10,13H,3-4,6-7,9H2/b11-10-. The Morgan fingerprint density at radius 2 is 2.21 bits per heavy atom. The smallest absolute Gasteiger partial charge is 0.0629 e. The highest BCUT2D eigenvalue weighted by molar-refractivity contribution is 5.48. The molecule has 0 bridgehead atoms. The van der Waals surface area contributed by atoms with E-state index in [4.69, 9.17) is 0 Å². The van der Waals surface area contributed by atoms with Crippen LogP contribution in [0, 0.1) is 0 Å². The Hall–Kier alpha value is -1.15. The van der Waals surface area contributed by atoms with Crippen molar-refractivity contribution in [3.8, 4) is 0 Å². The SMILES string of the molecule is C(=C1\CCCNCC1)/c1ccccn1. The predicted octanol–water partition coefficient (Wildman–Crippen LogP) is 2.24. The Kier molecular flexibility index (Phi) is 3.30. The molecule has 2 nitrogen and oxygen atoms in total. The van der Waals surface area contributed by atoms with Gasteiger partial charge in [-0.3, -0.25) is 4.98 Å². The molecule has 2 heteroatoms. The summed E-state index contributed by atoms with van der Waals surface area (Å²) in [4.78, 5) is 4.31. The van der Waals surface area contributed by atoms with Crippen LogP contribution in [0.15, 0.2) is 30.0 Å². The molecule has 1 aromatic rings. The lowest BCUT2D eigenvalue weighted by Gasteiger charge is -2.01. The van der Waals surface area contributed by atoms with Crippen molar-refractivity contribution in [2.75, 3.05) is 13.1 Å². The van der Waals surface area contributed by atoms with Gasteiger partial charge in [0.15, 0.2) is 0 Å². The van der Waals surface area contributed by atoms with Crippen molar-refractivity contribution < 1.29 is 0 Å². The molecule has 0 aromatic carbocycles. The Morgan fingerprint density at radius 3 is 3.07 bits per heavy atom. The van der Waals surface area contributed by atoms with Crippen LogP contribution in [0.5, 0.6) is 0 Å². The lowest BCUT2D eigenvalue weighted by Crippen LogP contribution is -2.13. The van der Waals surface area contributed by atoms with Crippen molar-refractivity contribution in [1.82, 2.24) is 10.3 Å². The number of rotatable bonds is 1. The van der Waals surface area contributed by atoms with E-state index in [1.807, 2.05) is 18.3 Å². The van der Waals surface area contributed by atoms with Gasteiger partial charge in [-0.15, -0.1) is 0 Å². The molecule has 2 heterocycles. The normalized spacial score (nSPS) is 20.7. The monoisotopic (exact) mass is 188 g/mol. The average Bonchev–Trinajstić information content (AvgIpc) is 2.48. The Balaban J connectivity index is 2.09. The summed E-state index contributed by atoms with van der Waals surface area (Å²) >= 11 is 0. The van der Waals surface area contributed by atoms with Gasteiger partial charge in [-0.25, -0.2) is 0 Å². The number of hydrogen-bond acceptors (Lipinski definition) is 2. The molecule has 0 saturated carbocycles. The molecular weight excluding hydrogens is 172 g/mol. The van der Waals surface area contributed by atoms with E-state index in [1.165, 1.54) is 18.4 Å². The zero-order valence-corrected chi connectivity index (χ0v) is 8.37. The third-order valence-corrected chi connectivity index (χ3v) is 2.51. The zero-order chi connectivity index (χ0) is 9.64. The second-order valence-corrected chi connectivity index (χ2v) is 3.66. The fraction of sp³-hybridized carbons (Fsp3) is 0.417. The van der Waals surface area contributed by atoms with Gasteiger partial charge in [0.25, 0.3) is 0 Å². The summed E-state index contributed by atoms with van der Waals surface area (Å²) in [5, 5.41) is 3.40. The number of hydrogen-bond donors (Lipinski definition) is 1. The third kappa shape index (κ3) is 2.67. The van der Waals surface area contributed by atoms with Crippen molar-refractivity contribution >= 4 is 6.08 Å². The van der Waals surface area contributed by atoms with Crippen molar-refractivity contribution in [2.45, 2.75) is 19.3 Å². The molecule has 0 amide bonds. The minimum absolute atomic E-state index is 1.09. The van der Waals surface area contributed by atoms with Crippen molar-refractivity contribution in [1.29, 1.82) is 0 Å². The fourth-order valence-corrected chi connectivity index (χ4v) is 1.75. The van der Waals surface area contributed by atoms with E-state index in [1.54, 1.807) is 0 Å². The summed E-state index contributed by atoms with van der Waals surface area (Å²) < 4.78 is 0. The van der Waals surface area contributed by atoms with Crippen LogP contribution in [0.2, 0.25) is 0 Å². The van der Waals surface area contributed by atoms with Crippen LogP contribution < -0.4 is 5.32 Å². The maximum absolute atomic E-state index is 4.31. The van der Waals surface area contributed by atoms with E-state index in [2.05, 4.69) is 22.4 Å². The molecule has 1 aromatic heterocycles. The molecule has 1 aliphatic heterocycles. The molecule has 1 N–H and O–H groups in total. The third-order valence-electron chi connectivity index (χ3n) is 2.51. The average molecular weight is 188 g/mol. The Morgan fingerprint density at radius 1 is 1.21 bits per heavy atom. The molecule has 1 fully saturated rings. The van der Waals surface area contributed by atoms with Gasteiger partial charge in [-0.2, -0.15) is 0 Å². The van der Waals surface area contributed by atoms with Crippen LogP contribution in [0.4, 0.5) is 0 Å². The number of aromatic nitrogens is 1. The maximum Gasteiger partial charge on any atom is 0.0629 e. The predicted molar refractivity (Wildman–Crippen MR) is 58.9 cm³/mol. The van der Waals surface area contributed by atoms with E-state index in [0.29, 0.717) is 0 Å². The van der Waals surface area contributed by atoms with Crippen LogP contribution in [0.3, 0.4) is 0 Å². The Labute approximate surface area is 85.1 Å². The molecule has 74 valence electrons. The highest BCUT2D eigenvalue weighted by Crippen LogP contribution is 2.15. The van der Waals surface area contributed by atoms with Crippen LogP contribution in [0.1, 0.15) is 25.0 Å². The van der Waals surface area contributed by atoms with E-state index in [-0.39, 0.29) is 0 Å². The second kappa shape index (κ2) is 4.91. The van der Waals surface area contributed by atoms with Gasteiger partial charge >= 0.3 is 0 Å². The fourth-order valence-electron chi connectivity index (χ4n) is 1.75. The van der Waals surface area contributed by atoms with Crippen molar-refractivity contribution in [2.24, 2.45) is 0 Å². The molecule has 0 atom stereocenters. The molecule has 0 radical (unpaired) electrons. The first-order valence-corrected chi connectivity index (χ1v) is 5.26. The molecule has 0 aliphatic carbocycles. The molecule has 2 rings (SSSR count). The van der Waals surface area contributed by atoms with Gasteiger partial charge in [0.1, 0.15) is 0 Å². The zero-order valence-electron chi connectivity index (χ0n) is 8.37. The van der Waals surface area contributed by atoms with E-state index in [9.17, 15) is 0 Å². The summed E-state index contributed by atoms with van der Waals surface area (Å²) in [6, 6.07) is 6.05. The van der Waals surface area contributed by atoms with Crippen LogP contribution in [0.25, 0.3) is 6.08 Å². The van der Waals surface area contributed by atoms with E-state index in [0.717, 1.165) is 25.2 Å². The van der Waals surface area contributed by atoms with Gasteiger partial charge in [-0.05, 0) is 50.6 Å². The van der Waals surface area contributed by atoms with E-state index >= 15 is 0 Å². The van der Waals surface area contributed by atoms with Crippen LogP contribution >= 0.6 is 0 Å². The van der Waals surface area contributed by atoms with Gasteiger partial charge in [-0.1, -0.05) is 11.6 Å². The molecular formula is C12H16N2. The summed E-state index contributed by atoms with van der Waals surface area (Å²) in [5.41, 5.74) is 2.61. The second-order valence-electron chi connectivity index (χ2n) is 3.66. The highest BCUT2D eigenvalue weighted by Gasteiger charge is 2.03. The topological polar surface area (TPSA) is 24.9 Å². The summed E-state index contributed by atoms with van der Waals surface area (Å²) in [6.45, 7) is 2.26. The largest absolute Gasteiger partial charge is 0.316 e. The summed E-state index contributed by atoms with van der Waals surface area (Å²) in [6.07, 6.45) is 7.70. The van der Waals surface area contributed by atoms with Crippen molar-refractivity contribution in [3.63, 3.8) is 0 Å². The van der Waals surface area contributed by atoms with Crippen LogP contribution in [-0.4, -0.2) is 18.1 Å². The van der Waals surface area contributed by atoms with Crippen LogP contribution in [-0.2, 0) is 0 Å². The first kappa shape index (κ1) is 9.41. The first-order valence-electron chi connectivity index (χ1n) is 5.26. The summed E-state index contributed by atoms with van der Waals surface area (Å²) in [7, 11) is 0. The highest BCUT2D eigenvalue weighted by atomic mass is 14.8. The molecule has 14 heavy (non-hydrogen) atoms. The lowest BCUT2D eigenvalue weighted by molar-refractivity contribution is 0.703. The van der Waals surface area contributed by atoms with Gasteiger partial charge in [0, 0.05) is 6.20 Å². The first-order chi connectivity index (χ1) is 6.95. The van der Waals surface area contributed by atoms with Gasteiger partial charge < -0.3 is 5.32 Å². The minimum Gasteiger partial charge on any atom is -0.316 e. The summed E-state index contributed by atoms with van der Waals surface area (Å²) in [5.74, 6) is 0. The van der Waals surface area contributed by atoms with Gasteiger partial charge in [0.2, 0.25) is 0 Å². The quantitative estimate of drug-likeness (QED) is 0.731. The molecule has 1 aliphatic rings. The maximum atomic E-state index is 4.31. The Bertz CT molecular complexity index is 293. The number of nitrogens with zero attached hydrogens (tertiary/aromatic N) is 1. The van der Waals surface area contributed by atoms with E-state index < -0.39 is 0 Å². The van der Waals surface area contributed by atoms with Crippen molar-refractivity contribution in [3.05, 3.63) is 35.7 Å².